The van der Waals surface area contributed by atoms with Crippen LogP contribution in [0.15, 0.2) is 24.3 Å². The summed E-state index contributed by atoms with van der Waals surface area (Å²) in [6.07, 6.45) is 0. The summed E-state index contributed by atoms with van der Waals surface area (Å²) in [6, 6.07) is 6.10. The number of carbonyl (C=O) groups excluding carboxylic acids is 1. The Kier molecular flexibility index (Phi) is 4.92. The average Bonchev–Trinajstić information content (AvgIpc) is 2.34. The Morgan fingerprint density at radius 2 is 1.90 bits per heavy atom. The third-order valence-electron chi connectivity index (χ3n) is 3.33. The zero-order chi connectivity index (χ0) is 15.6. The summed E-state index contributed by atoms with van der Waals surface area (Å²) in [5.74, 6) is -0.471. The molecule has 3 nitrogen and oxygen atoms in total. The van der Waals surface area contributed by atoms with Gasteiger partial charge in [-0.2, -0.15) is 0 Å². The summed E-state index contributed by atoms with van der Waals surface area (Å²) >= 11 is 0. The SMILES string of the molecule is CCN(CC(C)(C)O)C(=O)C(C)(C)c1cccc(F)c1. The first kappa shape index (κ1) is 16.6. The van der Waals surface area contributed by atoms with E-state index in [1.807, 2.05) is 6.92 Å². The highest BCUT2D eigenvalue weighted by atomic mass is 19.1. The highest BCUT2D eigenvalue weighted by Crippen LogP contribution is 2.27. The molecule has 0 fully saturated rings. The molecule has 0 spiro atoms. The molecule has 0 bridgehead atoms. The molecule has 0 aromatic heterocycles. The van der Waals surface area contributed by atoms with Crippen molar-refractivity contribution in [1.29, 1.82) is 0 Å². The maximum atomic E-state index is 13.4. The minimum absolute atomic E-state index is 0.118. The van der Waals surface area contributed by atoms with E-state index in [4.69, 9.17) is 0 Å². The number of carbonyl (C=O) groups is 1. The molecule has 0 unspecified atom stereocenters. The number of aliphatic hydroxyl groups is 1. The molecular formula is C16H24FNO2. The van der Waals surface area contributed by atoms with Crippen LogP contribution in [0, 0.1) is 5.82 Å². The van der Waals surface area contributed by atoms with Gasteiger partial charge >= 0.3 is 0 Å². The molecule has 0 saturated heterocycles. The first-order chi connectivity index (χ1) is 9.08. The van der Waals surface area contributed by atoms with Gasteiger partial charge in [-0.1, -0.05) is 12.1 Å². The van der Waals surface area contributed by atoms with Gasteiger partial charge in [0.05, 0.1) is 11.0 Å². The van der Waals surface area contributed by atoms with Gasteiger partial charge in [-0.05, 0) is 52.3 Å². The summed E-state index contributed by atoms with van der Waals surface area (Å²) in [5, 5.41) is 9.89. The molecule has 0 aliphatic carbocycles. The minimum Gasteiger partial charge on any atom is -0.389 e. The number of amides is 1. The number of benzene rings is 1. The second kappa shape index (κ2) is 5.92. The van der Waals surface area contributed by atoms with E-state index in [1.165, 1.54) is 12.1 Å². The number of likely N-dealkylation sites (N-methyl/N-ethyl adjacent to an activating group) is 1. The summed E-state index contributed by atoms with van der Waals surface area (Å²) in [4.78, 5) is 14.3. The molecule has 1 rings (SSSR count). The topological polar surface area (TPSA) is 40.5 Å². The summed E-state index contributed by atoms with van der Waals surface area (Å²) in [7, 11) is 0. The summed E-state index contributed by atoms with van der Waals surface area (Å²) in [5.41, 5.74) is -1.15. The van der Waals surface area contributed by atoms with Crippen LogP contribution in [-0.2, 0) is 10.2 Å². The van der Waals surface area contributed by atoms with Crippen LogP contribution in [-0.4, -0.2) is 34.6 Å². The molecule has 4 heteroatoms. The highest BCUT2D eigenvalue weighted by Gasteiger charge is 2.35. The smallest absolute Gasteiger partial charge is 0.232 e. The molecule has 1 aromatic carbocycles. The molecule has 0 radical (unpaired) electrons. The quantitative estimate of drug-likeness (QED) is 0.901. The summed E-state index contributed by atoms with van der Waals surface area (Å²) < 4.78 is 13.4. The van der Waals surface area contributed by atoms with Gasteiger partial charge in [-0.25, -0.2) is 4.39 Å². The zero-order valence-electron chi connectivity index (χ0n) is 12.9. The fraction of sp³-hybridized carbons (Fsp3) is 0.562. The lowest BCUT2D eigenvalue weighted by molar-refractivity contribution is -0.139. The van der Waals surface area contributed by atoms with Crippen molar-refractivity contribution >= 4 is 5.91 Å². The number of nitrogens with zero attached hydrogens (tertiary/aromatic N) is 1. The van der Waals surface area contributed by atoms with Crippen molar-refractivity contribution in [2.24, 2.45) is 0 Å². The third kappa shape index (κ3) is 4.04. The Hall–Kier alpha value is -1.42. The van der Waals surface area contributed by atoms with Crippen LogP contribution in [0.25, 0.3) is 0 Å². The van der Waals surface area contributed by atoms with Crippen LogP contribution < -0.4 is 0 Å². The van der Waals surface area contributed by atoms with E-state index in [1.54, 1.807) is 44.7 Å². The van der Waals surface area contributed by atoms with E-state index >= 15 is 0 Å². The Balaban J connectivity index is 3.04. The molecule has 0 atom stereocenters. The van der Waals surface area contributed by atoms with Crippen molar-refractivity contribution < 1.29 is 14.3 Å². The van der Waals surface area contributed by atoms with Crippen LogP contribution in [0.1, 0.15) is 40.2 Å². The van der Waals surface area contributed by atoms with Gasteiger partial charge in [0.1, 0.15) is 5.82 Å². The number of hydrogen-bond acceptors (Lipinski definition) is 2. The van der Waals surface area contributed by atoms with E-state index in [-0.39, 0.29) is 18.3 Å². The molecule has 1 N–H and O–H groups in total. The molecule has 20 heavy (non-hydrogen) atoms. The van der Waals surface area contributed by atoms with Gasteiger partial charge in [0.2, 0.25) is 5.91 Å². The molecule has 112 valence electrons. The van der Waals surface area contributed by atoms with Crippen LogP contribution in [0.2, 0.25) is 0 Å². The van der Waals surface area contributed by atoms with Crippen molar-refractivity contribution in [2.75, 3.05) is 13.1 Å². The summed E-state index contributed by atoms with van der Waals surface area (Å²) in [6.45, 7) is 9.50. The Bertz CT molecular complexity index is 478. The van der Waals surface area contributed by atoms with Crippen LogP contribution in [0.3, 0.4) is 0 Å². The molecule has 0 saturated carbocycles. The minimum atomic E-state index is -0.955. The lowest BCUT2D eigenvalue weighted by atomic mass is 9.83. The standard InChI is InChI=1S/C16H24FNO2/c1-6-18(11-15(2,3)20)14(19)16(4,5)12-8-7-9-13(17)10-12/h7-10,20H,6,11H2,1-5H3. The Morgan fingerprint density at radius 1 is 1.30 bits per heavy atom. The lowest BCUT2D eigenvalue weighted by Crippen LogP contribution is -2.48. The molecule has 1 aromatic rings. The van der Waals surface area contributed by atoms with Crippen LogP contribution >= 0.6 is 0 Å². The van der Waals surface area contributed by atoms with Crippen molar-refractivity contribution in [3.8, 4) is 0 Å². The molecule has 0 heterocycles. The van der Waals surface area contributed by atoms with E-state index in [9.17, 15) is 14.3 Å². The van der Waals surface area contributed by atoms with Gasteiger partial charge in [-0.15, -0.1) is 0 Å². The fourth-order valence-electron chi connectivity index (χ4n) is 2.19. The number of rotatable bonds is 5. The average molecular weight is 281 g/mol. The lowest BCUT2D eigenvalue weighted by Gasteiger charge is -2.35. The van der Waals surface area contributed by atoms with Crippen LogP contribution in [0.4, 0.5) is 4.39 Å². The first-order valence-electron chi connectivity index (χ1n) is 6.85. The van der Waals surface area contributed by atoms with Crippen molar-refractivity contribution in [3.05, 3.63) is 35.6 Å². The van der Waals surface area contributed by atoms with Gasteiger partial charge < -0.3 is 10.0 Å². The van der Waals surface area contributed by atoms with Crippen LogP contribution in [0.5, 0.6) is 0 Å². The van der Waals surface area contributed by atoms with Crippen molar-refractivity contribution in [1.82, 2.24) is 4.90 Å². The second-order valence-electron chi connectivity index (χ2n) is 6.27. The van der Waals surface area contributed by atoms with E-state index in [2.05, 4.69) is 0 Å². The van der Waals surface area contributed by atoms with Crippen molar-refractivity contribution in [3.63, 3.8) is 0 Å². The van der Waals surface area contributed by atoms with Gasteiger partial charge in [0, 0.05) is 13.1 Å². The van der Waals surface area contributed by atoms with Crippen molar-refractivity contribution in [2.45, 2.75) is 45.6 Å². The predicted octanol–water partition coefficient (Wildman–Crippen LogP) is 2.72. The Morgan fingerprint density at radius 3 is 2.35 bits per heavy atom. The third-order valence-corrected chi connectivity index (χ3v) is 3.33. The highest BCUT2D eigenvalue weighted by molar-refractivity contribution is 5.87. The molecule has 0 aliphatic rings. The van der Waals surface area contributed by atoms with Gasteiger partial charge in [0.25, 0.3) is 0 Å². The maximum Gasteiger partial charge on any atom is 0.232 e. The van der Waals surface area contributed by atoms with Gasteiger partial charge in [0.15, 0.2) is 0 Å². The zero-order valence-corrected chi connectivity index (χ0v) is 12.9. The fourth-order valence-corrected chi connectivity index (χ4v) is 2.19. The number of halogens is 1. The van der Waals surface area contributed by atoms with E-state index in [0.717, 1.165) is 0 Å². The normalized spacial score (nSPS) is 12.3. The molecule has 0 aliphatic heterocycles. The number of hydrogen-bond donors (Lipinski definition) is 1. The Labute approximate surface area is 120 Å². The van der Waals surface area contributed by atoms with Gasteiger partial charge in [-0.3, -0.25) is 4.79 Å². The van der Waals surface area contributed by atoms with E-state index in [0.29, 0.717) is 12.1 Å². The largest absolute Gasteiger partial charge is 0.389 e. The predicted molar refractivity (Wildman–Crippen MR) is 78.0 cm³/mol. The monoisotopic (exact) mass is 281 g/mol. The second-order valence-corrected chi connectivity index (χ2v) is 6.27. The maximum absolute atomic E-state index is 13.4. The molecule has 1 amide bonds. The molecular weight excluding hydrogens is 257 g/mol. The van der Waals surface area contributed by atoms with E-state index < -0.39 is 11.0 Å². The first-order valence-corrected chi connectivity index (χ1v) is 6.85.